The second kappa shape index (κ2) is 10.5. The highest BCUT2D eigenvalue weighted by molar-refractivity contribution is 7.89. The second-order valence-corrected chi connectivity index (χ2v) is 15.8. The molecule has 0 bridgehead atoms. The summed E-state index contributed by atoms with van der Waals surface area (Å²) in [6, 6.07) is 7.06. The second-order valence-electron chi connectivity index (χ2n) is 12.4. The van der Waals surface area contributed by atoms with Crippen LogP contribution in [0.1, 0.15) is 91.8 Å². The quantitative estimate of drug-likeness (QED) is 0.470. The van der Waals surface area contributed by atoms with Crippen LogP contribution in [-0.4, -0.2) is 37.8 Å². The zero-order chi connectivity index (χ0) is 28.0. The van der Waals surface area contributed by atoms with Crippen LogP contribution in [0.5, 0.6) is 0 Å². The molecule has 0 saturated heterocycles. The molecular formula is C28H45N3O4S2. The molecule has 1 aromatic carbocycles. The van der Waals surface area contributed by atoms with Crippen molar-refractivity contribution < 1.29 is 16.8 Å². The van der Waals surface area contributed by atoms with Gasteiger partial charge in [0.05, 0.1) is 4.90 Å². The fourth-order valence-electron chi connectivity index (χ4n) is 5.63. The largest absolute Gasteiger partial charge is 0.343 e. The third-order valence-corrected chi connectivity index (χ3v) is 10.8. The van der Waals surface area contributed by atoms with Crippen molar-refractivity contribution in [2.24, 2.45) is 11.1 Å². The molecule has 9 heteroatoms. The average molecular weight is 552 g/mol. The third kappa shape index (κ3) is 6.32. The van der Waals surface area contributed by atoms with Gasteiger partial charge in [0, 0.05) is 30.0 Å². The maximum Gasteiger partial charge on any atom is 0.243 e. The van der Waals surface area contributed by atoms with E-state index in [9.17, 15) is 16.8 Å². The fraction of sp³-hybridized carbons (Fsp3) is 0.643. The van der Waals surface area contributed by atoms with Crippen molar-refractivity contribution in [1.82, 2.24) is 8.87 Å². The lowest BCUT2D eigenvalue weighted by atomic mass is 9.85. The first-order valence-electron chi connectivity index (χ1n) is 13.3. The van der Waals surface area contributed by atoms with Crippen LogP contribution < -0.4 is 5.14 Å². The monoisotopic (exact) mass is 551 g/mol. The number of hydrogen-bond acceptors (Lipinski definition) is 4. The zero-order valence-corrected chi connectivity index (χ0v) is 25.4. The molecule has 0 unspecified atom stereocenters. The van der Waals surface area contributed by atoms with E-state index in [2.05, 4.69) is 4.57 Å². The summed E-state index contributed by atoms with van der Waals surface area (Å²) < 4.78 is 56.2. The van der Waals surface area contributed by atoms with Crippen molar-refractivity contribution in [3.05, 3.63) is 35.5 Å². The molecule has 1 heterocycles. The molecular weight excluding hydrogens is 506 g/mol. The Morgan fingerprint density at radius 1 is 0.946 bits per heavy atom. The van der Waals surface area contributed by atoms with Crippen molar-refractivity contribution >= 4 is 20.0 Å². The standard InChI is InChI=1S/C28H45N3O4S2/c1-9-31(28(6,7)8)37(34,35)25-16-15-22(17-23(25)27(3,4)5)24-18-26(36(29,32)33)20(2)30(24)19-21-13-11-10-12-14-21/h15-18,21H,9-14,19H2,1-8H3,(H2,29,32,33). The molecule has 1 saturated carbocycles. The lowest BCUT2D eigenvalue weighted by Gasteiger charge is -2.35. The molecule has 3 rings (SSSR count). The number of nitrogens with zero attached hydrogens (tertiary/aromatic N) is 2. The van der Waals surface area contributed by atoms with E-state index in [0.717, 1.165) is 30.6 Å². The molecule has 1 fully saturated rings. The minimum Gasteiger partial charge on any atom is -0.343 e. The minimum absolute atomic E-state index is 0.122. The molecule has 2 aromatic rings. The highest BCUT2D eigenvalue weighted by Crippen LogP contribution is 2.38. The molecule has 7 nitrogen and oxygen atoms in total. The van der Waals surface area contributed by atoms with Crippen LogP contribution in [-0.2, 0) is 32.0 Å². The van der Waals surface area contributed by atoms with Crippen molar-refractivity contribution in [2.45, 2.75) is 115 Å². The van der Waals surface area contributed by atoms with Gasteiger partial charge in [-0.25, -0.2) is 22.0 Å². The summed E-state index contributed by atoms with van der Waals surface area (Å²) >= 11 is 0. The average Bonchev–Trinajstić information content (AvgIpc) is 3.09. The minimum atomic E-state index is -3.91. The Hall–Kier alpha value is -1.68. The highest BCUT2D eigenvalue weighted by Gasteiger charge is 2.36. The van der Waals surface area contributed by atoms with Gasteiger partial charge in [0.1, 0.15) is 4.90 Å². The van der Waals surface area contributed by atoms with Gasteiger partial charge in [0.2, 0.25) is 20.0 Å². The molecule has 0 spiro atoms. The number of benzene rings is 1. The van der Waals surface area contributed by atoms with Crippen molar-refractivity contribution in [3.8, 4) is 11.3 Å². The summed E-state index contributed by atoms with van der Waals surface area (Å²) in [7, 11) is -7.68. The highest BCUT2D eigenvalue weighted by atomic mass is 32.2. The molecule has 1 aliphatic rings. The van der Waals surface area contributed by atoms with Gasteiger partial charge in [-0.05, 0) is 81.2 Å². The van der Waals surface area contributed by atoms with Gasteiger partial charge in [-0.2, -0.15) is 4.31 Å². The summed E-state index contributed by atoms with van der Waals surface area (Å²) in [5.74, 6) is 0.471. The number of nitrogens with two attached hydrogens (primary N) is 1. The Bertz CT molecular complexity index is 1340. The maximum atomic E-state index is 13.9. The van der Waals surface area contributed by atoms with Crippen LogP contribution in [0.3, 0.4) is 0 Å². The fourth-order valence-corrected chi connectivity index (χ4v) is 8.61. The number of aromatic nitrogens is 1. The van der Waals surface area contributed by atoms with Crippen LogP contribution >= 0.6 is 0 Å². The van der Waals surface area contributed by atoms with Crippen LogP contribution in [0.15, 0.2) is 34.1 Å². The van der Waals surface area contributed by atoms with Crippen molar-refractivity contribution in [2.75, 3.05) is 6.54 Å². The van der Waals surface area contributed by atoms with E-state index < -0.39 is 31.0 Å². The maximum absolute atomic E-state index is 13.9. The molecule has 1 aliphatic carbocycles. The predicted molar refractivity (Wildman–Crippen MR) is 151 cm³/mol. The Labute approximate surface area is 224 Å². The van der Waals surface area contributed by atoms with Crippen molar-refractivity contribution in [1.29, 1.82) is 0 Å². The summed E-state index contributed by atoms with van der Waals surface area (Å²) in [5, 5.41) is 5.59. The van der Waals surface area contributed by atoms with Gasteiger partial charge in [0.25, 0.3) is 0 Å². The Balaban J connectivity index is 2.24. The Morgan fingerprint density at radius 3 is 2.03 bits per heavy atom. The van der Waals surface area contributed by atoms with Gasteiger partial charge >= 0.3 is 0 Å². The predicted octanol–water partition coefficient (Wildman–Crippen LogP) is 5.80. The van der Waals surface area contributed by atoms with E-state index in [1.54, 1.807) is 25.1 Å². The molecule has 2 N–H and O–H groups in total. The van der Waals surface area contributed by atoms with E-state index in [1.165, 1.54) is 23.6 Å². The topological polar surface area (TPSA) is 102 Å². The molecule has 0 aliphatic heterocycles. The third-order valence-electron chi connectivity index (χ3n) is 7.48. The van der Waals surface area contributed by atoms with Crippen LogP contribution in [0, 0.1) is 12.8 Å². The lowest BCUT2D eigenvalue weighted by Crippen LogP contribution is -2.45. The van der Waals surface area contributed by atoms with Crippen LogP contribution in [0.25, 0.3) is 11.3 Å². The number of rotatable bonds is 7. The molecule has 37 heavy (non-hydrogen) atoms. The molecule has 0 radical (unpaired) electrons. The first kappa shape index (κ1) is 29.9. The van der Waals surface area contributed by atoms with E-state index in [0.29, 0.717) is 23.7 Å². The SMILES string of the molecule is CCN(C(C)(C)C)S(=O)(=O)c1ccc(-c2cc(S(N)(=O)=O)c(C)n2CC2CCCCC2)cc1C(C)(C)C. The molecule has 0 amide bonds. The van der Waals surface area contributed by atoms with Crippen molar-refractivity contribution in [3.63, 3.8) is 0 Å². The molecule has 208 valence electrons. The van der Waals surface area contributed by atoms with E-state index >= 15 is 0 Å². The molecule has 1 aromatic heterocycles. The first-order chi connectivity index (χ1) is 16.9. The van der Waals surface area contributed by atoms with E-state index in [1.807, 2.05) is 54.5 Å². The summed E-state index contributed by atoms with van der Waals surface area (Å²) in [4.78, 5) is 0.409. The van der Waals surface area contributed by atoms with Gasteiger partial charge in [-0.15, -0.1) is 0 Å². The lowest BCUT2D eigenvalue weighted by molar-refractivity contribution is 0.259. The first-order valence-corrected chi connectivity index (χ1v) is 16.3. The number of sulfonamides is 2. The van der Waals surface area contributed by atoms with Gasteiger partial charge < -0.3 is 4.57 Å². The normalized spacial score (nSPS) is 16.5. The number of hydrogen-bond donors (Lipinski definition) is 1. The smallest absolute Gasteiger partial charge is 0.243 e. The van der Waals surface area contributed by atoms with Gasteiger partial charge in [0.15, 0.2) is 0 Å². The zero-order valence-electron chi connectivity index (χ0n) is 23.8. The summed E-state index contributed by atoms with van der Waals surface area (Å²) in [6.07, 6.45) is 5.85. The Morgan fingerprint density at radius 2 is 1.54 bits per heavy atom. The summed E-state index contributed by atoms with van der Waals surface area (Å²) in [6.45, 7) is 16.4. The Kier molecular flexibility index (Phi) is 8.45. The van der Waals surface area contributed by atoms with Crippen LogP contribution in [0.2, 0.25) is 0 Å². The number of primary sulfonamides is 1. The van der Waals surface area contributed by atoms with Crippen LogP contribution in [0.4, 0.5) is 0 Å². The van der Waals surface area contributed by atoms with Gasteiger partial charge in [-0.3, -0.25) is 0 Å². The van der Waals surface area contributed by atoms with E-state index in [-0.39, 0.29) is 9.79 Å². The summed E-state index contributed by atoms with van der Waals surface area (Å²) in [5.41, 5.74) is 1.84. The van der Waals surface area contributed by atoms with Gasteiger partial charge in [-0.1, -0.05) is 53.0 Å². The molecule has 0 atom stereocenters. The van der Waals surface area contributed by atoms with E-state index in [4.69, 9.17) is 5.14 Å².